The number of hydrogen-bond acceptors (Lipinski definition) is 6. The van der Waals surface area contributed by atoms with E-state index in [4.69, 9.17) is 9.93 Å². The first-order chi connectivity index (χ1) is 7.10. The molecule has 15 heavy (non-hydrogen) atoms. The zero-order valence-electron chi connectivity index (χ0n) is 9.32. The van der Waals surface area contributed by atoms with Gasteiger partial charge in [0.2, 0.25) is 0 Å². The first-order valence-electron chi connectivity index (χ1n) is 4.74. The van der Waals surface area contributed by atoms with Gasteiger partial charge in [-0.1, -0.05) is 6.92 Å². The van der Waals surface area contributed by atoms with Crippen molar-refractivity contribution in [2.24, 2.45) is 5.16 Å². The Balaban J connectivity index is 3.87. The quantitative estimate of drug-likeness (QED) is 0.395. The minimum atomic E-state index is -2.63. The molecule has 0 aromatic heterocycles. The van der Waals surface area contributed by atoms with E-state index in [1.165, 1.54) is 0 Å². The van der Waals surface area contributed by atoms with Crippen molar-refractivity contribution in [3.05, 3.63) is 0 Å². The molecule has 0 aromatic rings. The van der Waals surface area contributed by atoms with Gasteiger partial charge in [0.15, 0.2) is 0 Å². The Morgan fingerprint density at radius 1 is 1.60 bits per heavy atom. The average molecular weight is 235 g/mol. The molecule has 0 rings (SSSR count). The lowest BCUT2D eigenvalue weighted by atomic mass is 10.2. The van der Waals surface area contributed by atoms with Crippen LogP contribution in [0.5, 0.6) is 0 Å². The second-order valence-corrected chi connectivity index (χ2v) is 4.20. The normalized spacial score (nSPS) is 14.4. The summed E-state index contributed by atoms with van der Waals surface area (Å²) in [7, 11) is 1.30. The molecule has 1 N–H and O–H groups in total. The zero-order chi connectivity index (χ0) is 11.7. The summed E-state index contributed by atoms with van der Waals surface area (Å²) in [5, 5.41) is 9.40. The van der Waals surface area contributed by atoms with Crippen LogP contribution in [0.4, 0.5) is 0 Å². The number of rotatable bonds is 8. The molecule has 0 bridgehead atoms. The maximum absolute atomic E-state index is 11.1. The van der Waals surface area contributed by atoms with Gasteiger partial charge in [-0.2, -0.15) is 0 Å². The van der Waals surface area contributed by atoms with Crippen LogP contribution in [0.15, 0.2) is 5.16 Å². The van der Waals surface area contributed by atoms with Crippen molar-refractivity contribution in [3.8, 4) is 0 Å². The summed E-state index contributed by atoms with van der Waals surface area (Å²) in [6.45, 7) is 2.82. The third-order valence-electron chi connectivity index (χ3n) is 1.78. The van der Waals surface area contributed by atoms with Crippen LogP contribution in [0, 0.1) is 5.41 Å². The first kappa shape index (κ1) is 14.3. The lowest BCUT2D eigenvalue weighted by Crippen LogP contribution is -2.19. The standard InChI is InChI=1S/C8H18N3O3P/c1-4-8(5-6-11(2)3)13-15(12)14-10-7-9/h8-9,15H,4-6H2,1-3H3. The Morgan fingerprint density at radius 3 is 2.73 bits per heavy atom. The Labute approximate surface area is 90.7 Å². The molecule has 88 valence electrons. The van der Waals surface area contributed by atoms with E-state index in [0.29, 0.717) is 0 Å². The van der Waals surface area contributed by atoms with Crippen LogP contribution in [0.1, 0.15) is 19.8 Å². The molecule has 7 heteroatoms. The van der Waals surface area contributed by atoms with Gasteiger partial charge in [-0.05, 0) is 32.1 Å². The molecule has 0 aromatic carbocycles. The van der Waals surface area contributed by atoms with E-state index >= 15 is 0 Å². The summed E-state index contributed by atoms with van der Waals surface area (Å²) < 4.78 is 20.6. The first-order valence-corrected chi connectivity index (χ1v) is 5.96. The fraction of sp³-hybridized carbons (Fsp3) is 0.875. The largest absolute Gasteiger partial charge is 0.390 e. The summed E-state index contributed by atoms with van der Waals surface area (Å²) in [6, 6.07) is 1.63. The van der Waals surface area contributed by atoms with Crippen molar-refractivity contribution in [1.29, 1.82) is 5.41 Å². The summed E-state index contributed by atoms with van der Waals surface area (Å²) in [6.07, 6.45) is 1.46. The topological polar surface area (TPSA) is 75.0 Å². The smallest absolute Gasteiger partial charge is 0.309 e. The fourth-order valence-corrected chi connectivity index (χ4v) is 1.69. The number of hydrogen-bond donors (Lipinski definition) is 1. The van der Waals surface area contributed by atoms with Gasteiger partial charge in [0.1, 0.15) is 6.01 Å². The maximum Gasteiger partial charge on any atom is 0.390 e. The molecule has 0 saturated heterocycles. The number of nitrogens with one attached hydrogen (secondary N) is 1. The highest BCUT2D eigenvalue weighted by molar-refractivity contribution is 7.33. The predicted molar refractivity (Wildman–Crippen MR) is 58.6 cm³/mol. The molecule has 6 nitrogen and oxygen atoms in total. The second kappa shape index (κ2) is 8.62. The molecule has 0 heterocycles. The fourth-order valence-electron chi connectivity index (χ4n) is 0.966. The van der Waals surface area contributed by atoms with E-state index in [9.17, 15) is 4.57 Å². The van der Waals surface area contributed by atoms with Gasteiger partial charge in [0.25, 0.3) is 0 Å². The molecule has 0 fully saturated rings. The van der Waals surface area contributed by atoms with E-state index in [1.54, 1.807) is 6.01 Å². The molecular weight excluding hydrogens is 217 g/mol. The molecule has 0 aliphatic carbocycles. The van der Waals surface area contributed by atoms with E-state index in [-0.39, 0.29) is 6.10 Å². The molecule has 2 atom stereocenters. The van der Waals surface area contributed by atoms with E-state index in [2.05, 4.69) is 9.78 Å². The minimum Gasteiger partial charge on any atom is -0.309 e. The SMILES string of the molecule is CCC(CCN(C)C)O[PH](=O)ON=C=N. The molecule has 0 spiro atoms. The van der Waals surface area contributed by atoms with Crippen LogP contribution in [-0.4, -0.2) is 37.7 Å². The van der Waals surface area contributed by atoms with Crippen molar-refractivity contribution in [1.82, 2.24) is 4.90 Å². The molecular formula is C8H18N3O3P. The van der Waals surface area contributed by atoms with Gasteiger partial charge in [0, 0.05) is 6.54 Å². The van der Waals surface area contributed by atoms with E-state index < -0.39 is 8.25 Å². The summed E-state index contributed by atoms with van der Waals surface area (Å²) in [4.78, 5) is 2.03. The Morgan fingerprint density at radius 2 is 2.27 bits per heavy atom. The minimum absolute atomic E-state index is 0.0975. The summed E-state index contributed by atoms with van der Waals surface area (Å²) >= 11 is 0. The van der Waals surface area contributed by atoms with Crippen LogP contribution < -0.4 is 0 Å². The predicted octanol–water partition coefficient (Wildman–Crippen LogP) is 1.81. The Kier molecular flexibility index (Phi) is 8.24. The zero-order valence-corrected chi connectivity index (χ0v) is 10.3. The second-order valence-electron chi connectivity index (χ2n) is 3.28. The van der Waals surface area contributed by atoms with Gasteiger partial charge in [0.05, 0.1) is 6.10 Å². The Hall–Kier alpha value is -0.670. The van der Waals surface area contributed by atoms with Crippen LogP contribution >= 0.6 is 8.25 Å². The van der Waals surface area contributed by atoms with E-state index in [1.807, 2.05) is 25.9 Å². The highest BCUT2D eigenvalue weighted by Crippen LogP contribution is 2.28. The van der Waals surface area contributed by atoms with Gasteiger partial charge < -0.3 is 9.52 Å². The number of nitrogens with zero attached hydrogens (tertiary/aromatic N) is 2. The Bertz CT molecular complexity index is 241. The van der Waals surface area contributed by atoms with Gasteiger partial charge in [-0.15, -0.1) is 0 Å². The van der Waals surface area contributed by atoms with E-state index in [0.717, 1.165) is 19.4 Å². The van der Waals surface area contributed by atoms with Crippen molar-refractivity contribution >= 4 is 14.3 Å². The lowest BCUT2D eigenvalue weighted by molar-refractivity contribution is 0.146. The molecule has 2 unspecified atom stereocenters. The van der Waals surface area contributed by atoms with Crippen LogP contribution in [0.25, 0.3) is 0 Å². The van der Waals surface area contributed by atoms with Crippen LogP contribution in [0.2, 0.25) is 0 Å². The third kappa shape index (κ3) is 8.33. The molecule has 0 radical (unpaired) electrons. The van der Waals surface area contributed by atoms with Crippen LogP contribution in [-0.2, 0) is 13.7 Å². The van der Waals surface area contributed by atoms with Crippen molar-refractivity contribution in [3.63, 3.8) is 0 Å². The summed E-state index contributed by atoms with van der Waals surface area (Å²) in [5.41, 5.74) is 0. The van der Waals surface area contributed by atoms with Gasteiger partial charge >= 0.3 is 8.25 Å². The van der Waals surface area contributed by atoms with Crippen LogP contribution in [0.3, 0.4) is 0 Å². The highest BCUT2D eigenvalue weighted by Gasteiger charge is 2.11. The van der Waals surface area contributed by atoms with Crippen molar-refractivity contribution in [2.75, 3.05) is 20.6 Å². The molecule has 0 aliphatic heterocycles. The van der Waals surface area contributed by atoms with Crippen molar-refractivity contribution < 1.29 is 13.7 Å². The monoisotopic (exact) mass is 235 g/mol. The summed E-state index contributed by atoms with van der Waals surface area (Å²) in [5.74, 6) is 0. The van der Waals surface area contributed by atoms with Gasteiger partial charge in [-0.25, -0.2) is 9.97 Å². The molecule has 0 saturated carbocycles. The third-order valence-corrected chi connectivity index (χ3v) is 2.55. The van der Waals surface area contributed by atoms with Gasteiger partial charge in [-0.3, -0.25) is 4.52 Å². The average Bonchev–Trinajstić information content (AvgIpc) is 2.20. The highest BCUT2D eigenvalue weighted by atomic mass is 31.1. The molecule has 0 aliphatic rings. The lowest BCUT2D eigenvalue weighted by Gasteiger charge is -2.16. The molecule has 0 amide bonds. The maximum atomic E-state index is 11.1. The van der Waals surface area contributed by atoms with Crippen molar-refractivity contribution in [2.45, 2.75) is 25.9 Å².